The maximum atomic E-state index is 13.1. The standard InChI is InChI=1S/C12H6BrFN2O5/c13-8-3-6(1-2-9(8)14)21-11-4-7(12(17)18)10(5-15-11)16(19)20/h1-5H,(H,17,18). The molecule has 9 heteroatoms. The number of halogens is 2. The summed E-state index contributed by atoms with van der Waals surface area (Å²) in [7, 11) is 0. The zero-order chi connectivity index (χ0) is 15.6. The number of rotatable bonds is 4. The van der Waals surface area contributed by atoms with E-state index < -0.39 is 28.0 Å². The van der Waals surface area contributed by atoms with Crippen molar-refractivity contribution in [1.82, 2.24) is 4.98 Å². The van der Waals surface area contributed by atoms with Crippen LogP contribution in [0.15, 0.2) is 34.9 Å². The van der Waals surface area contributed by atoms with E-state index in [4.69, 9.17) is 9.84 Å². The Bertz CT molecular complexity index is 738. The highest BCUT2D eigenvalue weighted by Gasteiger charge is 2.21. The van der Waals surface area contributed by atoms with Crippen LogP contribution in [0.3, 0.4) is 0 Å². The largest absolute Gasteiger partial charge is 0.477 e. The summed E-state index contributed by atoms with van der Waals surface area (Å²) >= 11 is 2.97. The second-order valence-electron chi connectivity index (χ2n) is 3.78. The smallest absolute Gasteiger partial charge is 0.342 e. The van der Waals surface area contributed by atoms with Gasteiger partial charge in [-0.15, -0.1) is 0 Å². The predicted octanol–water partition coefficient (Wildman–Crippen LogP) is 3.38. The van der Waals surface area contributed by atoms with Crippen molar-refractivity contribution in [2.45, 2.75) is 0 Å². The molecule has 0 atom stereocenters. The number of pyridine rings is 1. The highest BCUT2D eigenvalue weighted by molar-refractivity contribution is 9.10. The van der Waals surface area contributed by atoms with Gasteiger partial charge in [0.15, 0.2) is 0 Å². The number of hydrogen-bond donors (Lipinski definition) is 1. The Balaban J connectivity index is 2.36. The van der Waals surface area contributed by atoms with E-state index in [0.29, 0.717) is 0 Å². The minimum absolute atomic E-state index is 0.153. The molecule has 0 bridgehead atoms. The molecule has 1 aromatic heterocycles. The minimum atomic E-state index is -1.48. The first-order valence-electron chi connectivity index (χ1n) is 5.39. The summed E-state index contributed by atoms with van der Waals surface area (Å²) in [5, 5.41) is 19.6. The average molecular weight is 357 g/mol. The van der Waals surface area contributed by atoms with E-state index in [1.165, 1.54) is 12.1 Å². The van der Waals surface area contributed by atoms with Crippen LogP contribution in [0.4, 0.5) is 10.1 Å². The van der Waals surface area contributed by atoms with E-state index in [1.54, 1.807) is 0 Å². The third kappa shape index (κ3) is 3.31. The molecule has 0 unspecified atom stereocenters. The predicted molar refractivity (Wildman–Crippen MR) is 72.0 cm³/mol. The van der Waals surface area contributed by atoms with Gasteiger partial charge in [0.25, 0.3) is 0 Å². The van der Waals surface area contributed by atoms with Crippen LogP contribution in [-0.2, 0) is 0 Å². The van der Waals surface area contributed by atoms with Gasteiger partial charge in [0.2, 0.25) is 5.88 Å². The van der Waals surface area contributed by atoms with Crippen molar-refractivity contribution in [3.8, 4) is 11.6 Å². The summed E-state index contributed by atoms with van der Waals surface area (Å²) in [6.07, 6.45) is 0.789. The molecule has 0 fully saturated rings. The zero-order valence-electron chi connectivity index (χ0n) is 10.1. The molecule has 2 rings (SSSR count). The van der Waals surface area contributed by atoms with Crippen molar-refractivity contribution in [3.63, 3.8) is 0 Å². The Morgan fingerprint density at radius 3 is 2.71 bits per heavy atom. The molecule has 108 valence electrons. The van der Waals surface area contributed by atoms with Crippen LogP contribution in [0, 0.1) is 15.9 Å². The number of hydrogen-bond acceptors (Lipinski definition) is 5. The summed E-state index contributed by atoms with van der Waals surface area (Å²) < 4.78 is 18.5. The summed E-state index contributed by atoms with van der Waals surface area (Å²) in [4.78, 5) is 24.5. The first kappa shape index (κ1) is 14.9. The molecule has 1 aromatic carbocycles. The van der Waals surface area contributed by atoms with E-state index >= 15 is 0 Å². The van der Waals surface area contributed by atoms with Crippen molar-refractivity contribution >= 4 is 27.6 Å². The second kappa shape index (κ2) is 5.83. The summed E-state index contributed by atoms with van der Waals surface area (Å²) in [6, 6.07) is 4.70. The van der Waals surface area contributed by atoms with Crippen molar-refractivity contribution < 1.29 is 24.0 Å². The van der Waals surface area contributed by atoms with Crippen molar-refractivity contribution in [1.29, 1.82) is 0 Å². The van der Waals surface area contributed by atoms with E-state index in [9.17, 15) is 19.3 Å². The molecule has 1 heterocycles. The highest BCUT2D eigenvalue weighted by Crippen LogP contribution is 2.28. The number of benzene rings is 1. The fourth-order valence-corrected chi connectivity index (χ4v) is 1.82. The van der Waals surface area contributed by atoms with Gasteiger partial charge in [0.05, 0.1) is 9.40 Å². The van der Waals surface area contributed by atoms with Crippen molar-refractivity contribution in [2.24, 2.45) is 0 Å². The normalized spacial score (nSPS) is 10.2. The molecular weight excluding hydrogens is 351 g/mol. The number of nitrogens with zero attached hydrogens (tertiary/aromatic N) is 2. The number of aromatic nitrogens is 1. The third-order valence-electron chi connectivity index (χ3n) is 2.40. The van der Waals surface area contributed by atoms with Gasteiger partial charge in [0, 0.05) is 6.07 Å². The molecule has 0 aliphatic rings. The number of carboxylic acids is 1. The lowest BCUT2D eigenvalue weighted by Gasteiger charge is -2.06. The van der Waals surface area contributed by atoms with Crippen LogP contribution < -0.4 is 4.74 Å². The van der Waals surface area contributed by atoms with Crippen LogP contribution in [-0.4, -0.2) is 21.0 Å². The Morgan fingerprint density at radius 2 is 2.14 bits per heavy atom. The fraction of sp³-hybridized carbons (Fsp3) is 0. The molecule has 0 aliphatic carbocycles. The molecule has 21 heavy (non-hydrogen) atoms. The van der Waals surface area contributed by atoms with Crippen LogP contribution in [0.1, 0.15) is 10.4 Å². The Hall–Kier alpha value is -2.55. The van der Waals surface area contributed by atoms with Crippen LogP contribution in [0.2, 0.25) is 0 Å². The Morgan fingerprint density at radius 1 is 1.43 bits per heavy atom. The average Bonchev–Trinajstić information content (AvgIpc) is 2.42. The molecular formula is C12H6BrFN2O5. The minimum Gasteiger partial charge on any atom is -0.477 e. The molecule has 0 amide bonds. The SMILES string of the molecule is O=C(O)c1cc(Oc2ccc(F)c(Br)c2)ncc1[N+](=O)[O-]. The van der Waals surface area contributed by atoms with Gasteiger partial charge in [-0.05, 0) is 34.1 Å². The van der Waals surface area contributed by atoms with E-state index in [2.05, 4.69) is 20.9 Å². The lowest BCUT2D eigenvalue weighted by Crippen LogP contribution is -2.04. The molecule has 0 radical (unpaired) electrons. The van der Waals surface area contributed by atoms with Gasteiger partial charge in [-0.1, -0.05) is 0 Å². The quantitative estimate of drug-likeness (QED) is 0.665. The van der Waals surface area contributed by atoms with Gasteiger partial charge in [-0.25, -0.2) is 14.2 Å². The molecule has 0 spiro atoms. The van der Waals surface area contributed by atoms with Gasteiger partial charge in [-0.3, -0.25) is 10.1 Å². The van der Waals surface area contributed by atoms with Crippen LogP contribution in [0.25, 0.3) is 0 Å². The summed E-state index contributed by atoms with van der Waals surface area (Å²) in [5.74, 6) is -1.93. The van der Waals surface area contributed by atoms with Gasteiger partial charge in [0.1, 0.15) is 23.3 Å². The summed E-state index contributed by atoms with van der Waals surface area (Å²) in [5.41, 5.74) is -1.19. The number of carbonyl (C=O) groups is 1. The van der Waals surface area contributed by atoms with Gasteiger partial charge < -0.3 is 9.84 Å². The molecule has 1 N–H and O–H groups in total. The first-order valence-corrected chi connectivity index (χ1v) is 6.18. The fourth-order valence-electron chi connectivity index (χ4n) is 1.46. The Kier molecular flexibility index (Phi) is 4.13. The van der Waals surface area contributed by atoms with E-state index in [0.717, 1.165) is 18.3 Å². The van der Waals surface area contributed by atoms with E-state index in [-0.39, 0.29) is 16.1 Å². The number of ether oxygens (including phenoxy) is 1. The van der Waals surface area contributed by atoms with Gasteiger partial charge in [-0.2, -0.15) is 0 Å². The Labute approximate surface area is 125 Å². The maximum Gasteiger partial charge on any atom is 0.342 e. The van der Waals surface area contributed by atoms with Gasteiger partial charge >= 0.3 is 11.7 Å². The lowest BCUT2D eigenvalue weighted by atomic mass is 10.2. The molecule has 7 nitrogen and oxygen atoms in total. The van der Waals surface area contributed by atoms with Crippen LogP contribution >= 0.6 is 15.9 Å². The maximum absolute atomic E-state index is 13.1. The number of aromatic carboxylic acids is 1. The molecule has 0 saturated heterocycles. The molecule has 0 aliphatic heterocycles. The topological polar surface area (TPSA) is 103 Å². The van der Waals surface area contributed by atoms with Crippen LogP contribution in [0.5, 0.6) is 11.6 Å². The zero-order valence-corrected chi connectivity index (χ0v) is 11.7. The first-order chi connectivity index (χ1) is 9.88. The third-order valence-corrected chi connectivity index (χ3v) is 3.01. The van der Waals surface area contributed by atoms with E-state index in [1.807, 2.05) is 0 Å². The summed E-state index contributed by atoms with van der Waals surface area (Å²) in [6.45, 7) is 0. The molecule has 2 aromatic rings. The van der Waals surface area contributed by atoms with Crippen molar-refractivity contribution in [2.75, 3.05) is 0 Å². The number of carboxylic acid groups (broad SMARTS) is 1. The lowest BCUT2D eigenvalue weighted by molar-refractivity contribution is -0.385. The highest BCUT2D eigenvalue weighted by atomic mass is 79.9. The second-order valence-corrected chi connectivity index (χ2v) is 4.63. The number of nitro groups is 1. The van der Waals surface area contributed by atoms with Crippen molar-refractivity contribution in [3.05, 3.63) is 56.4 Å². The molecule has 0 saturated carbocycles. The monoisotopic (exact) mass is 356 g/mol.